The van der Waals surface area contributed by atoms with Gasteiger partial charge in [0.1, 0.15) is 5.41 Å². The summed E-state index contributed by atoms with van der Waals surface area (Å²) >= 11 is 1.88. The molecule has 24 heavy (non-hydrogen) atoms. The molecule has 0 spiro atoms. The largest absolute Gasteiger partial charge is 0.372 e. The van der Waals surface area contributed by atoms with Crippen LogP contribution < -0.4 is 5.73 Å². The summed E-state index contributed by atoms with van der Waals surface area (Å²) in [7, 11) is 0. The van der Waals surface area contributed by atoms with Gasteiger partial charge in [-0.25, -0.2) is 0 Å². The van der Waals surface area contributed by atoms with Gasteiger partial charge < -0.3 is 15.5 Å². The number of rotatable bonds is 6. The van der Waals surface area contributed by atoms with E-state index in [9.17, 15) is 9.59 Å². The van der Waals surface area contributed by atoms with Crippen molar-refractivity contribution in [3.63, 3.8) is 0 Å². The zero-order chi connectivity index (χ0) is 17.3. The van der Waals surface area contributed by atoms with E-state index in [1.165, 1.54) is 17.9 Å². The molecule has 5 nitrogen and oxygen atoms in total. The van der Waals surface area contributed by atoms with Gasteiger partial charge in [-0.05, 0) is 56.5 Å². The Hall–Kier alpha value is -1.17. The molecule has 0 aromatic carbocycles. The van der Waals surface area contributed by atoms with E-state index in [1.807, 2.05) is 16.7 Å². The third kappa shape index (κ3) is 3.17. The first-order valence-electron chi connectivity index (χ1n) is 9.02. The van der Waals surface area contributed by atoms with Crippen LogP contribution in [0.25, 0.3) is 0 Å². The Morgan fingerprint density at radius 2 is 2.12 bits per heavy atom. The van der Waals surface area contributed by atoms with Gasteiger partial charge in [0.2, 0.25) is 11.8 Å². The van der Waals surface area contributed by atoms with E-state index >= 15 is 0 Å². The minimum Gasteiger partial charge on any atom is -0.372 e. The lowest BCUT2D eigenvalue weighted by molar-refractivity contribution is -0.145. The number of hydrogen-bond donors (Lipinski definition) is 1. The van der Waals surface area contributed by atoms with Gasteiger partial charge in [0.05, 0.1) is 0 Å². The molecular weight excluding hydrogens is 322 g/mol. The van der Waals surface area contributed by atoms with Crippen LogP contribution in [-0.2, 0) is 9.59 Å². The number of likely N-dealkylation sites (tertiary alicyclic amines) is 2. The molecule has 2 N–H and O–H groups in total. The number of fused-ring (bicyclic) bond motifs is 1. The second-order valence-corrected chi connectivity index (χ2v) is 8.44. The van der Waals surface area contributed by atoms with Crippen LogP contribution in [0, 0.1) is 11.3 Å². The maximum atomic E-state index is 12.7. The number of hydrogen-bond acceptors (Lipinski definition) is 4. The molecule has 6 heteroatoms. The van der Waals surface area contributed by atoms with Crippen LogP contribution in [0.15, 0.2) is 12.3 Å². The first-order valence-corrected chi connectivity index (χ1v) is 10.4. The molecule has 0 bridgehead atoms. The maximum Gasteiger partial charge on any atom is 0.238 e. The normalized spacial score (nSPS) is 28.5. The number of allylic oxidation sites excluding steroid dienone is 1. The van der Waals surface area contributed by atoms with Gasteiger partial charge in [0.25, 0.3) is 0 Å². The fraction of sp³-hybridized carbons (Fsp3) is 0.778. The van der Waals surface area contributed by atoms with Crippen molar-refractivity contribution in [3.8, 4) is 0 Å². The highest BCUT2D eigenvalue weighted by atomic mass is 32.2. The lowest BCUT2D eigenvalue weighted by Crippen LogP contribution is -2.56. The molecule has 1 aliphatic carbocycles. The van der Waals surface area contributed by atoms with Gasteiger partial charge in [-0.1, -0.05) is 6.58 Å². The number of amides is 2. The number of nitrogens with two attached hydrogens (primary N) is 1. The Labute approximate surface area is 149 Å². The van der Waals surface area contributed by atoms with Crippen molar-refractivity contribution in [3.05, 3.63) is 12.3 Å². The number of nitrogens with zero attached hydrogens (tertiary/aromatic N) is 2. The van der Waals surface area contributed by atoms with Crippen molar-refractivity contribution in [2.45, 2.75) is 44.6 Å². The van der Waals surface area contributed by atoms with Crippen LogP contribution in [-0.4, -0.2) is 59.3 Å². The monoisotopic (exact) mass is 351 g/mol. The highest BCUT2D eigenvalue weighted by Crippen LogP contribution is 2.48. The summed E-state index contributed by atoms with van der Waals surface area (Å²) in [5.74, 6) is 1.20. The van der Waals surface area contributed by atoms with Crippen molar-refractivity contribution >= 4 is 23.6 Å². The summed E-state index contributed by atoms with van der Waals surface area (Å²) in [6.07, 6.45) is 7.66. The van der Waals surface area contributed by atoms with E-state index in [2.05, 4.69) is 17.7 Å². The predicted molar refractivity (Wildman–Crippen MR) is 97.4 cm³/mol. The van der Waals surface area contributed by atoms with E-state index in [0.717, 1.165) is 38.9 Å². The van der Waals surface area contributed by atoms with Crippen LogP contribution >= 0.6 is 11.8 Å². The van der Waals surface area contributed by atoms with E-state index < -0.39 is 11.3 Å². The van der Waals surface area contributed by atoms with Crippen molar-refractivity contribution < 1.29 is 9.59 Å². The quantitative estimate of drug-likeness (QED) is 0.586. The molecule has 1 saturated carbocycles. The number of carbonyl (C=O) groups is 2. The molecule has 2 saturated heterocycles. The van der Waals surface area contributed by atoms with Gasteiger partial charge in [0, 0.05) is 31.4 Å². The molecule has 134 valence electrons. The van der Waals surface area contributed by atoms with Gasteiger partial charge in [-0.2, -0.15) is 11.8 Å². The second-order valence-electron chi connectivity index (χ2n) is 7.46. The van der Waals surface area contributed by atoms with Crippen LogP contribution in [0.5, 0.6) is 0 Å². The van der Waals surface area contributed by atoms with Crippen molar-refractivity contribution in [2.24, 2.45) is 17.1 Å². The van der Waals surface area contributed by atoms with Crippen molar-refractivity contribution in [1.29, 1.82) is 0 Å². The fourth-order valence-electron chi connectivity index (χ4n) is 4.32. The zero-order valence-electron chi connectivity index (χ0n) is 14.6. The Morgan fingerprint density at radius 3 is 2.75 bits per heavy atom. The minimum absolute atomic E-state index is 0.0215. The van der Waals surface area contributed by atoms with Crippen LogP contribution in [0.3, 0.4) is 0 Å². The standard InChI is InChI=1S/C18H29N3O2S/c1-13-4-5-14-12-20(17(23)18(7-8-18)16(19)22)10-6-15(14)21(13)9-3-11-24-2/h14-15H,1,3-12H2,2H3,(H2,19,22)/t14-,15+/m1/s1. The molecular formula is C18H29N3O2S. The fourth-order valence-corrected chi connectivity index (χ4v) is 4.74. The molecule has 3 aliphatic rings. The summed E-state index contributed by atoms with van der Waals surface area (Å²) in [4.78, 5) is 28.8. The molecule has 0 aromatic heterocycles. The number of carbonyl (C=O) groups excluding carboxylic acids is 2. The Morgan fingerprint density at radius 1 is 1.38 bits per heavy atom. The van der Waals surface area contributed by atoms with Crippen molar-refractivity contribution in [1.82, 2.24) is 9.80 Å². The third-order valence-electron chi connectivity index (χ3n) is 5.97. The molecule has 3 fully saturated rings. The Balaban J connectivity index is 1.63. The Bertz CT molecular complexity index is 532. The van der Waals surface area contributed by atoms with Crippen LogP contribution in [0.1, 0.15) is 38.5 Å². The lowest BCUT2D eigenvalue weighted by atomic mass is 9.82. The smallest absolute Gasteiger partial charge is 0.238 e. The van der Waals surface area contributed by atoms with Gasteiger partial charge in [-0.3, -0.25) is 9.59 Å². The predicted octanol–water partition coefficient (Wildman–Crippen LogP) is 1.83. The van der Waals surface area contributed by atoms with Crippen LogP contribution in [0.2, 0.25) is 0 Å². The number of piperidine rings is 2. The van der Waals surface area contributed by atoms with Crippen LogP contribution in [0.4, 0.5) is 0 Å². The number of thioether (sulfide) groups is 1. The molecule has 0 radical (unpaired) electrons. The molecule has 0 unspecified atom stereocenters. The minimum atomic E-state index is -0.872. The highest BCUT2D eigenvalue weighted by molar-refractivity contribution is 7.98. The summed E-state index contributed by atoms with van der Waals surface area (Å²) in [6.45, 7) is 6.84. The Kier molecular flexibility index (Phi) is 5.13. The third-order valence-corrected chi connectivity index (χ3v) is 6.67. The van der Waals surface area contributed by atoms with Gasteiger partial charge in [0.15, 0.2) is 0 Å². The highest BCUT2D eigenvalue weighted by Gasteiger charge is 2.57. The zero-order valence-corrected chi connectivity index (χ0v) is 15.4. The first kappa shape index (κ1) is 17.6. The molecule has 3 rings (SSSR count). The molecule has 0 aromatic rings. The average Bonchev–Trinajstić information content (AvgIpc) is 3.38. The SMILES string of the molecule is C=C1CC[C@@H]2CN(C(=O)C3(C(N)=O)CC3)CC[C@@H]2N1CCCSC. The van der Waals surface area contributed by atoms with E-state index in [1.54, 1.807) is 0 Å². The summed E-state index contributed by atoms with van der Waals surface area (Å²) in [5, 5.41) is 0. The molecule has 2 atom stereocenters. The average molecular weight is 352 g/mol. The van der Waals surface area contributed by atoms with E-state index in [-0.39, 0.29) is 5.91 Å². The number of primary amides is 1. The molecule has 2 aliphatic heterocycles. The first-order chi connectivity index (χ1) is 11.5. The lowest BCUT2D eigenvalue weighted by Gasteiger charge is -2.49. The summed E-state index contributed by atoms with van der Waals surface area (Å²) < 4.78 is 0. The van der Waals surface area contributed by atoms with E-state index in [0.29, 0.717) is 24.8 Å². The summed E-state index contributed by atoms with van der Waals surface area (Å²) in [5.41, 5.74) is 5.86. The summed E-state index contributed by atoms with van der Waals surface area (Å²) in [6, 6.07) is 0.501. The van der Waals surface area contributed by atoms with Gasteiger partial charge >= 0.3 is 0 Å². The molecule has 2 amide bonds. The topological polar surface area (TPSA) is 66.6 Å². The maximum absolute atomic E-state index is 12.7. The van der Waals surface area contributed by atoms with Crippen molar-refractivity contribution in [2.75, 3.05) is 31.6 Å². The second kappa shape index (κ2) is 6.98. The van der Waals surface area contributed by atoms with E-state index in [4.69, 9.17) is 5.73 Å². The van der Waals surface area contributed by atoms with Gasteiger partial charge in [-0.15, -0.1) is 0 Å². The molecule has 2 heterocycles.